The fourth-order valence-corrected chi connectivity index (χ4v) is 2.48. The summed E-state index contributed by atoms with van der Waals surface area (Å²) >= 11 is 0. The number of pyridine rings is 1. The Labute approximate surface area is 106 Å². The van der Waals surface area contributed by atoms with Crippen LogP contribution in [0.1, 0.15) is 19.8 Å². The van der Waals surface area contributed by atoms with Crippen molar-refractivity contribution in [1.29, 1.82) is 0 Å². The van der Waals surface area contributed by atoms with Gasteiger partial charge in [0.1, 0.15) is 11.9 Å². The number of rotatable bonds is 3. The summed E-state index contributed by atoms with van der Waals surface area (Å²) < 4.78 is 0. The summed E-state index contributed by atoms with van der Waals surface area (Å²) in [5, 5.41) is 11.0. The number of hydrogen-bond donors (Lipinski definition) is 1. The lowest BCUT2D eigenvalue weighted by Crippen LogP contribution is -2.47. The summed E-state index contributed by atoms with van der Waals surface area (Å²) in [6.07, 6.45) is 3.31. The number of piperidine rings is 1. The molecule has 1 aromatic rings. The number of nitrogens with zero attached hydrogens (tertiary/aromatic N) is 3. The molecule has 2 N–H and O–H groups in total. The Hall–Kier alpha value is -1.69. The van der Waals surface area contributed by atoms with Crippen molar-refractivity contribution in [1.82, 2.24) is 4.98 Å². The summed E-state index contributed by atoms with van der Waals surface area (Å²) in [4.78, 5) is 16.4. The van der Waals surface area contributed by atoms with E-state index in [-0.39, 0.29) is 11.9 Å². The molecule has 1 aromatic heterocycles. The maximum atomic E-state index is 11.0. The second-order valence-corrected chi connectivity index (χ2v) is 4.67. The van der Waals surface area contributed by atoms with Crippen LogP contribution in [0.25, 0.3) is 0 Å². The Balaban J connectivity index is 2.24. The number of anilines is 1. The number of nitrogens with two attached hydrogens (primary N) is 1. The van der Waals surface area contributed by atoms with Crippen LogP contribution in [-0.2, 0) is 0 Å². The van der Waals surface area contributed by atoms with Crippen LogP contribution >= 0.6 is 0 Å². The summed E-state index contributed by atoms with van der Waals surface area (Å²) in [7, 11) is 0. The monoisotopic (exact) mass is 250 g/mol. The summed E-state index contributed by atoms with van der Waals surface area (Å²) in [6.45, 7) is 3.63. The van der Waals surface area contributed by atoms with E-state index in [9.17, 15) is 10.1 Å². The van der Waals surface area contributed by atoms with E-state index in [1.165, 1.54) is 6.20 Å². The third kappa shape index (κ3) is 2.43. The molecule has 18 heavy (non-hydrogen) atoms. The highest BCUT2D eigenvalue weighted by molar-refractivity contribution is 5.59. The first-order valence-electron chi connectivity index (χ1n) is 6.23. The molecule has 2 atom stereocenters. The quantitative estimate of drug-likeness (QED) is 0.650. The molecular weight excluding hydrogens is 232 g/mol. The maximum Gasteiger partial charge on any atom is 0.387 e. The van der Waals surface area contributed by atoms with Crippen molar-refractivity contribution in [3.8, 4) is 0 Å². The molecule has 6 heteroatoms. The topological polar surface area (TPSA) is 85.3 Å². The summed E-state index contributed by atoms with van der Waals surface area (Å²) in [6, 6.07) is 3.69. The van der Waals surface area contributed by atoms with Gasteiger partial charge in [-0.1, -0.05) is 13.3 Å². The van der Waals surface area contributed by atoms with Crippen LogP contribution in [0, 0.1) is 16.0 Å². The Morgan fingerprint density at radius 2 is 2.44 bits per heavy atom. The van der Waals surface area contributed by atoms with Crippen molar-refractivity contribution in [3.63, 3.8) is 0 Å². The van der Waals surface area contributed by atoms with Crippen LogP contribution in [0.5, 0.6) is 0 Å². The van der Waals surface area contributed by atoms with E-state index in [0.29, 0.717) is 11.6 Å². The largest absolute Gasteiger partial charge is 0.387 e. The van der Waals surface area contributed by atoms with E-state index in [1.807, 2.05) is 4.90 Å². The highest BCUT2D eigenvalue weighted by Crippen LogP contribution is 2.29. The molecule has 2 unspecified atom stereocenters. The van der Waals surface area contributed by atoms with Crippen molar-refractivity contribution in [2.75, 3.05) is 18.0 Å². The second-order valence-electron chi connectivity index (χ2n) is 4.67. The first-order valence-corrected chi connectivity index (χ1v) is 6.23. The molecule has 0 radical (unpaired) electrons. The molecule has 2 rings (SSSR count). The molecule has 98 valence electrons. The highest BCUT2D eigenvalue weighted by Gasteiger charge is 2.29. The van der Waals surface area contributed by atoms with E-state index >= 15 is 0 Å². The van der Waals surface area contributed by atoms with Crippen molar-refractivity contribution in [2.45, 2.75) is 25.8 Å². The van der Waals surface area contributed by atoms with Crippen LogP contribution in [0.3, 0.4) is 0 Å². The van der Waals surface area contributed by atoms with E-state index in [0.717, 1.165) is 25.9 Å². The first kappa shape index (κ1) is 12.8. The average molecular weight is 250 g/mol. The van der Waals surface area contributed by atoms with Gasteiger partial charge in [0.2, 0.25) is 0 Å². The third-order valence-corrected chi connectivity index (χ3v) is 3.60. The number of nitro groups is 1. The zero-order valence-corrected chi connectivity index (χ0v) is 10.5. The van der Waals surface area contributed by atoms with Crippen LogP contribution < -0.4 is 10.6 Å². The van der Waals surface area contributed by atoms with Crippen LogP contribution in [0.15, 0.2) is 18.3 Å². The lowest BCUT2D eigenvalue weighted by atomic mass is 9.90. The molecule has 0 aromatic carbocycles. The van der Waals surface area contributed by atoms with E-state index in [2.05, 4.69) is 11.9 Å². The van der Waals surface area contributed by atoms with Gasteiger partial charge in [0.05, 0.1) is 0 Å². The van der Waals surface area contributed by atoms with Gasteiger partial charge in [0.25, 0.3) is 0 Å². The molecule has 1 saturated heterocycles. The first-order chi connectivity index (χ1) is 8.63. The lowest BCUT2D eigenvalue weighted by molar-refractivity contribution is -0.388. The lowest BCUT2D eigenvalue weighted by Gasteiger charge is -2.37. The molecule has 1 fully saturated rings. The van der Waals surface area contributed by atoms with Gasteiger partial charge in [-0.05, 0) is 34.4 Å². The second kappa shape index (κ2) is 5.30. The zero-order valence-electron chi connectivity index (χ0n) is 10.5. The summed E-state index contributed by atoms with van der Waals surface area (Å²) in [5.41, 5.74) is 6.66. The molecule has 2 heterocycles. The Morgan fingerprint density at radius 1 is 1.67 bits per heavy atom. The Kier molecular flexibility index (Phi) is 3.76. The predicted molar refractivity (Wildman–Crippen MR) is 69.5 cm³/mol. The smallest absolute Gasteiger partial charge is 0.364 e. The molecule has 0 spiro atoms. The van der Waals surface area contributed by atoms with Gasteiger partial charge in [-0.3, -0.25) is 0 Å². The minimum Gasteiger partial charge on any atom is -0.364 e. The van der Waals surface area contributed by atoms with Crippen LogP contribution in [0.4, 0.5) is 11.5 Å². The van der Waals surface area contributed by atoms with Crippen molar-refractivity contribution < 1.29 is 4.92 Å². The molecule has 1 aliphatic heterocycles. The van der Waals surface area contributed by atoms with Crippen molar-refractivity contribution >= 4 is 11.5 Å². The van der Waals surface area contributed by atoms with Crippen molar-refractivity contribution in [2.24, 2.45) is 11.7 Å². The molecule has 1 aliphatic rings. The van der Waals surface area contributed by atoms with E-state index < -0.39 is 4.92 Å². The highest BCUT2D eigenvalue weighted by atomic mass is 16.6. The molecule has 6 nitrogen and oxygen atoms in total. The number of aromatic nitrogens is 1. The van der Waals surface area contributed by atoms with Gasteiger partial charge >= 0.3 is 5.82 Å². The summed E-state index contributed by atoms with van der Waals surface area (Å²) in [5.74, 6) is 0.321. The molecular formula is C12H18N4O2. The SMILES string of the molecule is CCC1CN(c2cccnc2[N+](=O)[O-])CCC1N. The zero-order chi connectivity index (χ0) is 13.1. The van der Waals surface area contributed by atoms with Gasteiger partial charge in [-0.2, -0.15) is 0 Å². The molecule has 0 bridgehead atoms. The predicted octanol–water partition coefficient (Wildman–Crippen LogP) is 1.55. The molecule has 0 aliphatic carbocycles. The fraction of sp³-hybridized carbons (Fsp3) is 0.583. The van der Waals surface area contributed by atoms with Gasteiger partial charge in [0.15, 0.2) is 0 Å². The van der Waals surface area contributed by atoms with Gasteiger partial charge in [-0.15, -0.1) is 0 Å². The Morgan fingerprint density at radius 3 is 3.11 bits per heavy atom. The third-order valence-electron chi connectivity index (χ3n) is 3.60. The van der Waals surface area contributed by atoms with Gasteiger partial charge in [-0.25, -0.2) is 0 Å². The molecule has 0 saturated carbocycles. The minimum absolute atomic E-state index is 0.0668. The van der Waals surface area contributed by atoms with Crippen LogP contribution in [-0.4, -0.2) is 29.0 Å². The fourth-order valence-electron chi connectivity index (χ4n) is 2.48. The Bertz CT molecular complexity index is 438. The normalized spacial score (nSPS) is 24.0. The minimum atomic E-state index is -0.426. The van der Waals surface area contributed by atoms with Gasteiger partial charge < -0.3 is 20.7 Å². The van der Waals surface area contributed by atoms with Crippen LogP contribution in [0.2, 0.25) is 0 Å². The molecule has 0 amide bonds. The standard InChI is InChI=1S/C12H18N4O2/c1-2-9-8-15(7-5-10(9)13)11-4-3-6-14-12(11)16(17)18/h3-4,6,9-10H,2,5,7-8,13H2,1H3. The number of hydrogen-bond acceptors (Lipinski definition) is 5. The maximum absolute atomic E-state index is 11.0. The van der Waals surface area contributed by atoms with Gasteiger partial charge in [0, 0.05) is 19.1 Å². The average Bonchev–Trinajstić information content (AvgIpc) is 2.39. The van der Waals surface area contributed by atoms with E-state index in [4.69, 9.17) is 5.73 Å². The van der Waals surface area contributed by atoms with E-state index in [1.54, 1.807) is 12.1 Å². The van der Waals surface area contributed by atoms with Crippen molar-refractivity contribution in [3.05, 3.63) is 28.4 Å².